The van der Waals surface area contributed by atoms with Crippen molar-refractivity contribution in [3.63, 3.8) is 0 Å². The highest BCUT2D eigenvalue weighted by Gasteiger charge is 2.10. The average Bonchev–Trinajstić information content (AvgIpc) is 2.74. The largest absolute Gasteiger partial charge is 0.376 e. The minimum absolute atomic E-state index is 0.0444. The lowest BCUT2D eigenvalue weighted by Crippen LogP contribution is -2.29. The van der Waals surface area contributed by atoms with Gasteiger partial charge in [-0.3, -0.25) is 4.79 Å². The van der Waals surface area contributed by atoms with E-state index in [4.69, 9.17) is 0 Å². The van der Waals surface area contributed by atoms with Gasteiger partial charge < -0.3 is 10.6 Å². The number of amides is 1. The number of benzene rings is 1. The van der Waals surface area contributed by atoms with Crippen molar-refractivity contribution in [3.05, 3.63) is 29.3 Å². The van der Waals surface area contributed by atoms with Gasteiger partial charge in [0.25, 0.3) is 0 Å². The predicted molar refractivity (Wildman–Crippen MR) is 65.6 cm³/mol. The van der Waals surface area contributed by atoms with E-state index in [9.17, 15) is 4.79 Å². The molecule has 0 saturated heterocycles. The summed E-state index contributed by atoms with van der Waals surface area (Å²) in [6.45, 7) is 2.96. The number of hydrogen-bond acceptors (Lipinski definition) is 2. The lowest BCUT2D eigenvalue weighted by Gasteiger charge is -2.08. The number of likely N-dealkylation sites (N-methyl/N-ethyl adjacent to an activating group) is 1. The summed E-state index contributed by atoms with van der Waals surface area (Å²) in [6, 6.07) is 6.40. The maximum atomic E-state index is 11.3. The second-order valence-electron chi connectivity index (χ2n) is 4.14. The fourth-order valence-corrected chi connectivity index (χ4v) is 2.12. The summed E-state index contributed by atoms with van der Waals surface area (Å²) in [6.07, 6.45) is 3.63. The normalized spacial score (nSPS) is 13.3. The van der Waals surface area contributed by atoms with Crippen LogP contribution in [0.3, 0.4) is 0 Å². The van der Waals surface area contributed by atoms with Crippen molar-refractivity contribution in [1.29, 1.82) is 0 Å². The second kappa shape index (κ2) is 5.01. The molecule has 1 aromatic carbocycles. The smallest absolute Gasteiger partial charge is 0.239 e. The van der Waals surface area contributed by atoms with Crippen LogP contribution in [0.15, 0.2) is 18.2 Å². The molecule has 0 radical (unpaired) electrons. The summed E-state index contributed by atoms with van der Waals surface area (Å²) in [5.74, 6) is 0.0444. The first-order valence-electron chi connectivity index (χ1n) is 5.92. The third-order valence-electron chi connectivity index (χ3n) is 2.93. The van der Waals surface area contributed by atoms with E-state index in [0.29, 0.717) is 13.1 Å². The van der Waals surface area contributed by atoms with Crippen molar-refractivity contribution < 1.29 is 4.79 Å². The lowest BCUT2D eigenvalue weighted by molar-refractivity contribution is -0.119. The van der Waals surface area contributed by atoms with Gasteiger partial charge in [-0.25, -0.2) is 0 Å². The molecule has 0 saturated carbocycles. The quantitative estimate of drug-likeness (QED) is 0.808. The van der Waals surface area contributed by atoms with E-state index in [2.05, 4.69) is 28.8 Å². The minimum atomic E-state index is 0.0444. The Kier molecular flexibility index (Phi) is 3.44. The number of nitrogens with one attached hydrogen (secondary N) is 2. The summed E-state index contributed by atoms with van der Waals surface area (Å²) < 4.78 is 0. The van der Waals surface area contributed by atoms with E-state index in [0.717, 1.165) is 5.69 Å². The van der Waals surface area contributed by atoms with Crippen LogP contribution in [0.1, 0.15) is 24.5 Å². The number of carbonyl (C=O) groups is 1. The first-order valence-corrected chi connectivity index (χ1v) is 5.92. The highest BCUT2D eigenvalue weighted by molar-refractivity contribution is 5.80. The molecule has 2 rings (SSSR count). The van der Waals surface area contributed by atoms with E-state index in [-0.39, 0.29) is 5.91 Å². The average molecular weight is 218 g/mol. The van der Waals surface area contributed by atoms with Crippen LogP contribution in [-0.2, 0) is 17.6 Å². The molecule has 1 aliphatic rings. The van der Waals surface area contributed by atoms with Gasteiger partial charge in [0.2, 0.25) is 5.91 Å². The number of anilines is 1. The highest BCUT2D eigenvalue weighted by atomic mass is 16.1. The Hall–Kier alpha value is -1.51. The molecule has 0 aliphatic heterocycles. The Morgan fingerprint density at radius 1 is 1.31 bits per heavy atom. The van der Waals surface area contributed by atoms with Gasteiger partial charge in [-0.05, 0) is 49.4 Å². The zero-order valence-electron chi connectivity index (χ0n) is 9.68. The topological polar surface area (TPSA) is 41.1 Å². The fourth-order valence-electron chi connectivity index (χ4n) is 2.12. The van der Waals surface area contributed by atoms with Crippen LogP contribution in [0.4, 0.5) is 5.69 Å². The van der Waals surface area contributed by atoms with Gasteiger partial charge in [0.15, 0.2) is 0 Å². The minimum Gasteiger partial charge on any atom is -0.376 e. The Morgan fingerprint density at radius 2 is 2.12 bits per heavy atom. The van der Waals surface area contributed by atoms with Gasteiger partial charge in [0.05, 0.1) is 6.54 Å². The second-order valence-corrected chi connectivity index (χ2v) is 4.14. The van der Waals surface area contributed by atoms with E-state index in [1.165, 1.54) is 30.4 Å². The van der Waals surface area contributed by atoms with Crippen molar-refractivity contribution in [2.24, 2.45) is 0 Å². The van der Waals surface area contributed by atoms with Crippen molar-refractivity contribution >= 4 is 11.6 Å². The molecule has 16 heavy (non-hydrogen) atoms. The SMILES string of the molecule is CCNC(=O)CNc1ccc2c(c1)CCC2. The van der Waals surface area contributed by atoms with E-state index in [1.807, 2.05) is 6.92 Å². The molecule has 2 N–H and O–H groups in total. The monoisotopic (exact) mass is 218 g/mol. The van der Waals surface area contributed by atoms with Gasteiger partial charge in [-0.1, -0.05) is 6.07 Å². The highest BCUT2D eigenvalue weighted by Crippen LogP contribution is 2.24. The molecule has 1 amide bonds. The summed E-state index contributed by atoms with van der Waals surface area (Å²) in [5, 5.41) is 5.91. The molecule has 0 bridgehead atoms. The Labute approximate surface area is 96.2 Å². The van der Waals surface area contributed by atoms with Gasteiger partial charge in [-0.15, -0.1) is 0 Å². The molecular weight excluding hydrogens is 200 g/mol. The Morgan fingerprint density at radius 3 is 2.94 bits per heavy atom. The molecule has 0 aromatic heterocycles. The third kappa shape index (κ3) is 2.54. The van der Waals surface area contributed by atoms with Crippen molar-refractivity contribution in [1.82, 2.24) is 5.32 Å². The molecule has 0 spiro atoms. The van der Waals surface area contributed by atoms with E-state index >= 15 is 0 Å². The molecule has 1 aliphatic carbocycles. The van der Waals surface area contributed by atoms with Crippen molar-refractivity contribution in [2.45, 2.75) is 26.2 Å². The maximum Gasteiger partial charge on any atom is 0.239 e. The first kappa shape index (κ1) is 11.0. The lowest BCUT2D eigenvalue weighted by atomic mass is 10.1. The summed E-state index contributed by atoms with van der Waals surface area (Å²) in [5.41, 5.74) is 3.94. The summed E-state index contributed by atoms with van der Waals surface area (Å²) in [7, 11) is 0. The van der Waals surface area contributed by atoms with Crippen LogP contribution in [-0.4, -0.2) is 19.0 Å². The molecule has 0 atom stereocenters. The Bertz CT molecular complexity index is 388. The van der Waals surface area contributed by atoms with Gasteiger partial charge in [0.1, 0.15) is 0 Å². The van der Waals surface area contributed by atoms with Crippen LogP contribution < -0.4 is 10.6 Å². The number of hydrogen-bond donors (Lipinski definition) is 2. The molecular formula is C13H18N2O. The first-order chi connectivity index (χ1) is 7.79. The number of fused-ring (bicyclic) bond motifs is 1. The van der Waals surface area contributed by atoms with Crippen LogP contribution in [0.5, 0.6) is 0 Å². The number of aryl methyl sites for hydroxylation is 2. The fraction of sp³-hybridized carbons (Fsp3) is 0.462. The van der Waals surface area contributed by atoms with Crippen LogP contribution in [0.2, 0.25) is 0 Å². The van der Waals surface area contributed by atoms with Crippen LogP contribution in [0.25, 0.3) is 0 Å². The standard InChI is InChI=1S/C13H18N2O/c1-2-14-13(16)9-15-12-7-6-10-4-3-5-11(10)8-12/h6-8,15H,2-5,9H2,1H3,(H,14,16). The van der Waals surface area contributed by atoms with Crippen molar-refractivity contribution in [3.8, 4) is 0 Å². The number of carbonyl (C=O) groups excluding carboxylic acids is 1. The molecule has 86 valence electrons. The maximum absolute atomic E-state index is 11.3. The predicted octanol–water partition coefficient (Wildman–Crippen LogP) is 1.72. The van der Waals surface area contributed by atoms with Crippen molar-refractivity contribution in [2.75, 3.05) is 18.4 Å². The molecule has 0 heterocycles. The van der Waals surface area contributed by atoms with Crippen LogP contribution in [0, 0.1) is 0 Å². The zero-order chi connectivity index (χ0) is 11.4. The number of rotatable bonds is 4. The van der Waals surface area contributed by atoms with E-state index in [1.54, 1.807) is 0 Å². The molecule has 1 aromatic rings. The molecule has 0 fully saturated rings. The summed E-state index contributed by atoms with van der Waals surface area (Å²) >= 11 is 0. The van der Waals surface area contributed by atoms with Gasteiger partial charge in [-0.2, -0.15) is 0 Å². The van der Waals surface area contributed by atoms with Gasteiger partial charge >= 0.3 is 0 Å². The van der Waals surface area contributed by atoms with Gasteiger partial charge in [0, 0.05) is 12.2 Å². The Balaban J connectivity index is 1.93. The summed E-state index contributed by atoms with van der Waals surface area (Å²) in [4.78, 5) is 11.3. The third-order valence-corrected chi connectivity index (χ3v) is 2.93. The van der Waals surface area contributed by atoms with Crippen LogP contribution >= 0.6 is 0 Å². The zero-order valence-corrected chi connectivity index (χ0v) is 9.68. The molecule has 3 nitrogen and oxygen atoms in total. The molecule has 0 unspecified atom stereocenters. The molecule has 3 heteroatoms. The van der Waals surface area contributed by atoms with E-state index < -0.39 is 0 Å².